The lowest BCUT2D eigenvalue weighted by Gasteiger charge is -2.36. The third-order valence-corrected chi connectivity index (χ3v) is 6.20. The first-order valence-corrected chi connectivity index (χ1v) is 8.59. The van der Waals surface area contributed by atoms with Crippen LogP contribution in [0.5, 0.6) is 0 Å². The number of hydrogen-bond donors (Lipinski definition) is 2. The van der Waals surface area contributed by atoms with Crippen LogP contribution in [-0.4, -0.2) is 41.0 Å². The molecule has 1 amide bonds. The first-order valence-electron chi connectivity index (χ1n) is 7.78. The second-order valence-corrected chi connectivity index (χ2v) is 7.53. The molecule has 5 nitrogen and oxygen atoms in total. The summed E-state index contributed by atoms with van der Waals surface area (Å²) in [6, 6.07) is 5.80. The molecule has 2 fully saturated rings. The maximum absolute atomic E-state index is 11.3. The number of anilines is 1. The lowest BCUT2D eigenvalue weighted by atomic mass is 9.98. The molecule has 2 saturated heterocycles. The van der Waals surface area contributed by atoms with Crippen LogP contribution in [-0.2, 0) is 0 Å². The van der Waals surface area contributed by atoms with Crippen molar-refractivity contribution in [3.63, 3.8) is 0 Å². The molecule has 6 heteroatoms. The minimum Gasteiger partial charge on any atom is -0.367 e. The number of amides is 1. The van der Waals surface area contributed by atoms with E-state index in [0.29, 0.717) is 23.0 Å². The summed E-state index contributed by atoms with van der Waals surface area (Å²) in [5.74, 6) is 0.526. The van der Waals surface area contributed by atoms with Crippen molar-refractivity contribution in [3.8, 4) is 0 Å². The van der Waals surface area contributed by atoms with Gasteiger partial charge in [-0.3, -0.25) is 4.79 Å². The molecule has 2 unspecified atom stereocenters. The van der Waals surface area contributed by atoms with Crippen LogP contribution in [0, 0.1) is 0 Å². The number of hydrogen-bond acceptors (Lipinski definition) is 5. The molecule has 0 aliphatic carbocycles. The molecule has 4 rings (SSSR count). The van der Waals surface area contributed by atoms with Gasteiger partial charge in [-0.05, 0) is 50.2 Å². The van der Waals surface area contributed by atoms with Gasteiger partial charge in [0, 0.05) is 24.3 Å². The van der Waals surface area contributed by atoms with Gasteiger partial charge < -0.3 is 16.0 Å². The highest BCUT2D eigenvalue weighted by atomic mass is 32.1. The van der Waals surface area contributed by atoms with Crippen molar-refractivity contribution < 1.29 is 4.79 Å². The molecule has 2 bridgehead atoms. The van der Waals surface area contributed by atoms with E-state index in [4.69, 9.17) is 5.73 Å². The van der Waals surface area contributed by atoms with Gasteiger partial charge in [0.15, 0.2) is 0 Å². The molecule has 0 spiro atoms. The van der Waals surface area contributed by atoms with Gasteiger partial charge in [0.25, 0.3) is 5.91 Å². The van der Waals surface area contributed by atoms with Gasteiger partial charge in [-0.1, -0.05) is 0 Å². The number of nitrogens with two attached hydrogens (primary N) is 1. The summed E-state index contributed by atoms with van der Waals surface area (Å²) in [5.41, 5.74) is 5.35. The van der Waals surface area contributed by atoms with Crippen molar-refractivity contribution in [1.82, 2.24) is 9.88 Å². The quantitative estimate of drug-likeness (QED) is 0.912. The van der Waals surface area contributed by atoms with Gasteiger partial charge in [0.1, 0.15) is 5.82 Å². The number of rotatable bonds is 3. The van der Waals surface area contributed by atoms with E-state index in [1.165, 1.54) is 37.0 Å². The fourth-order valence-electron chi connectivity index (χ4n) is 3.88. The summed E-state index contributed by atoms with van der Waals surface area (Å²) in [6.45, 7) is 0. The first-order chi connectivity index (χ1) is 10.6. The number of nitrogens with zero attached hydrogens (tertiary/aromatic N) is 2. The smallest absolute Gasteiger partial charge is 0.258 e. The van der Waals surface area contributed by atoms with E-state index in [-0.39, 0.29) is 5.91 Å². The van der Waals surface area contributed by atoms with Gasteiger partial charge in [0.05, 0.1) is 9.58 Å². The van der Waals surface area contributed by atoms with Crippen LogP contribution in [0.3, 0.4) is 0 Å². The van der Waals surface area contributed by atoms with Crippen molar-refractivity contribution in [2.24, 2.45) is 5.73 Å². The predicted octanol–water partition coefficient (Wildman–Crippen LogP) is 2.43. The Labute approximate surface area is 133 Å². The number of nitrogens with one attached hydrogen (secondary N) is 1. The van der Waals surface area contributed by atoms with E-state index in [2.05, 4.69) is 22.2 Å². The van der Waals surface area contributed by atoms with Crippen molar-refractivity contribution >= 4 is 33.1 Å². The van der Waals surface area contributed by atoms with Crippen molar-refractivity contribution in [3.05, 3.63) is 23.2 Å². The molecular formula is C16H20N4OS. The Morgan fingerprint density at radius 1 is 1.36 bits per heavy atom. The van der Waals surface area contributed by atoms with E-state index in [0.717, 1.165) is 15.9 Å². The molecule has 22 heavy (non-hydrogen) atoms. The summed E-state index contributed by atoms with van der Waals surface area (Å²) in [7, 11) is 2.25. The number of carbonyl (C=O) groups excluding carboxylic acids is 1. The molecule has 2 aliphatic rings. The minimum absolute atomic E-state index is 0.373. The zero-order valence-electron chi connectivity index (χ0n) is 12.6. The number of pyridine rings is 1. The van der Waals surface area contributed by atoms with Gasteiger partial charge in [0.2, 0.25) is 0 Å². The van der Waals surface area contributed by atoms with Gasteiger partial charge in [-0.25, -0.2) is 4.98 Å². The van der Waals surface area contributed by atoms with E-state index in [1.807, 2.05) is 18.3 Å². The number of piperidine rings is 1. The van der Waals surface area contributed by atoms with E-state index in [1.54, 1.807) is 0 Å². The molecule has 0 radical (unpaired) electrons. The Morgan fingerprint density at radius 3 is 2.77 bits per heavy atom. The summed E-state index contributed by atoms with van der Waals surface area (Å²) in [5, 5.41) is 4.62. The third-order valence-electron chi connectivity index (χ3n) is 5.10. The Bertz CT molecular complexity index is 714. The van der Waals surface area contributed by atoms with Crippen molar-refractivity contribution in [2.45, 2.75) is 43.8 Å². The highest BCUT2D eigenvalue weighted by Crippen LogP contribution is 2.35. The number of carbonyl (C=O) groups is 1. The maximum atomic E-state index is 11.3. The molecule has 4 heterocycles. The number of primary amides is 1. The van der Waals surface area contributed by atoms with E-state index < -0.39 is 0 Å². The lowest BCUT2D eigenvalue weighted by Crippen LogP contribution is -2.44. The summed E-state index contributed by atoms with van der Waals surface area (Å²) in [4.78, 5) is 18.9. The monoisotopic (exact) mass is 316 g/mol. The Hall–Kier alpha value is -1.66. The normalized spacial score (nSPS) is 28.1. The molecule has 116 valence electrons. The predicted molar refractivity (Wildman–Crippen MR) is 89.4 cm³/mol. The van der Waals surface area contributed by atoms with Crippen LogP contribution in [0.25, 0.3) is 10.1 Å². The standard InChI is InChI=1S/C16H20N4OS/c1-20-11-2-3-12(20)7-10(6-11)19-15-5-9-4-13(16(17)21)22-14(9)8-18-15/h4-5,8,10-12H,2-3,6-7H2,1H3,(H2,17,21)(H,18,19)/t10?,11-,12?/m0/s1. The zero-order valence-corrected chi connectivity index (χ0v) is 13.4. The Balaban J connectivity index is 1.53. The fraction of sp³-hybridized carbons (Fsp3) is 0.500. The topological polar surface area (TPSA) is 71.2 Å². The largest absolute Gasteiger partial charge is 0.367 e. The van der Waals surface area contributed by atoms with Crippen LogP contribution in [0.1, 0.15) is 35.4 Å². The second kappa shape index (κ2) is 5.21. The van der Waals surface area contributed by atoms with Crippen LogP contribution in [0.2, 0.25) is 0 Å². The lowest BCUT2D eigenvalue weighted by molar-refractivity contribution is 0.100. The molecule has 2 aromatic rings. The first kappa shape index (κ1) is 14.0. The van der Waals surface area contributed by atoms with Crippen LogP contribution in [0.4, 0.5) is 5.82 Å². The van der Waals surface area contributed by atoms with Gasteiger partial charge in [-0.15, -0.1) is 11.3 Å². The molecule has 3 atom stereocenters. The van der Waals surface area contributed by atoms with Crippen molar-refractivity contribution in [1.29, 1.82) is 0 Å². The van der Waals surface area contributed by atoms with E-state index in [9.17, 15) is 4.79 Å². The number of aromatic nitrogens is 1. The zero-order chi connectivity index (χ0) is 15.3. The van der Waals surface area contributed by atoms with Crippen LogP contribution >= 0.6 is 11.3 Å². The van der Waals surface area contributed by atoms with Crippen molar-refractivity contribution in [2.75, 3.05) is 12.4 Å². The minimum atomic E-state index is -0.373. The molecule has 0 aromatic carbocycles. The molecule has 0 saturated carbocycles. The highest BCUT2D eigenvalue weighted by Gasteiger charge is 2.38. The van der Waals surface area contributed by atoms with Crippen LogP contribution in [0.15, 0.2) is 18.3 Å². The van der Waals surface area contributed by atoms with E-state index >= 15 is 0 Å². The average Bonchev–Trinajstić information content (AvgIpc) is 2.97. The molecule has 2 aliphatic heterocycles. The number of fused-ring (bicyclic) bond motifs is 3. The van der Waals surface area contributed by atoms with Crippen LogP contribution < -0.4 is 11.1 Å². The molecule has 2 aromatic heterocycles. The summed E-state index contributed by atoms with van der Waals surface area (Å²) in [6.07, 6.45) is 6.83. The molecular weight excluding hydrogens is 296 g/mol. The average molecular weight is 316 g/mol. The maximum Gasteiger partial charge on any atom is 0.258 e. The van der Waals surface area contributed by atoms with Gasteiger partial charge in [-0.2, -0.15) is 0 Å². The summed E-state index contributed by atoms with van der Waals surface area (Å²) >= 11 is 1.40. The Kier molecular flexibility index (Phi) is 3.31. The second-order valence-electron chi connectivity index (χ2n) is 6.45. The Morgan fingerprint density at radius 2 is 2.09 bits per heavy atom. The third kappa shape index (κ3) is 2.36. The SMILES string of the molecule is CN1C2CC[C@H]1CC(Nc1cc3cc(C(N)=O)sc3cn1)C2. The summed E-state index contributed by atoms with van der Waals surface area (Å²) < 4.78 is 1.00. The highest BCUT2D eigenvalue weighted by molar-refractivity contribution is 7.20. The fourth-order valence-corrected chi connectivity index (χ4v) is 4.75. The number of thiophene rings is 1. The molecule has 3 N–H and O–H groups in total. The van der Waals surface area contributed by atoms with Gasteiger partial charge >= 0.3 is 0 Å².